The van der Waals surface area contributed by atoms with Crippen LogP contribution in [0.2, 0.25) is 0 Å². The van der Waals surface area contributed by atoms with Crippen LogP contribution in [0.5, 0.6) is 0 Å². The van der Waals surface area contributed by atoms with E-state index in [0.29, 0.717) is 18.7 Å². The molecule has 304 valence electrons. The Labute approximate surface area is 326 Å². The Bertz CT molecular complexity index is 1660. The van der Waals surface area contributed by atoms with Crippen LogP contribution in [0.4, 0.5) is 0 Å². The molecular formula is C44H63NO10. The second-order valence-corrected chi connectivity index (χ2v) is 15.9. The highest BCUT2D eigenvalue weighted by Gasteiger charge is 2.56. The standard InChI is InChI=1S/C44H63NO10/c1-9-36(52-8)30(4)40-41(55-40)42(45(23-24-46)27-32-17-18-33-14-10-11-15-34(33)25-32)44(7,51)21-12-13-28(2)39-29(3)16-19-37(53-31(5)47)43(6,50)22-20-35(48)26-38(49)54-39/h10-19,21,25,29-30,35-37,39-42,46,48,50-51H,9,20,22-24,26-27H2,1-8H3/b19-16+,21-12+,28-13+/t29-,30+,35+,36-,37-,39-,40+,41-,42?,43+,44?/m0/s1. The number of epoxide rings is 1. The molecule has 0 amide bonds. The van der Waals surface area contributed by atoms with Crippen molar-refractivity contribution < 1.29 is 49.0 Å². The summed E-state index contributed by atoms with van der Waals surface area (Å²) in [7, 11) is 1.70. The van der Waals surface area contributed by atoms with Crippen LogP contribution in [-0.2, 0) is 35.1 Å². The van der Waals surface area contributed by atoms with E-state index in [-0.39, 0.29) is 50.1 Å². The van der Waals surface area contributed by atoms with Gasteiger partial charge in [0.15, 0.2) is 0 Å². The molecule has 2 aliphatic rings. The molecule has 4 rings (SSSR count). The fourth-order valence-electron chi connectivity index (χ4n) is 7.92. The van der Waals surface area contributed by atoms with Gasteiger partial charge in [-0.3, -0.25) is 14.5 Å². The zero-order valence-electron chi connectivity index (χ0n) is 33.8. The number of rotatable bonds is 15. The number of cyclic esters (lactones) is 1. The Kier molecular flexibility index (Phi) is 15.8. The lowest BCUT2D eigenvalue weighted by atomic mass is 9.85. The highest BCUT2D eigenvalue weighted by Crippen LogP contribution is 2.41. The number of carbonyl (C=O) groups excluding carboxylic acids is 2. The number of benzene rings is 2. The molecule has 0 radical (unpaired) electrons. The van der Waals surface area contributed by atoms with E-state index in [9.17, 15) is 30.0 Å². The first-order chi connectivity index (χ1) is 26.0. The maximum absolute atomic E-state index is 13.0. The molecule has 11 atom stereocenters. The van der Waals surface area contributed by atoms with Gasteiger partial charge in [-0.15, -0.1) is 0 Å². The molecule has 2 heterocycles. The third-order valence-corrected chi connectivity index (χ3v) is 11.1. The van der Waals surface area contributed by atoms with Gasteiger partial charge in [0.05, 0.1) is 43.0 Å². The number of ether oxygens (including phenoxy) is 4. The molecule has 1 fully saturated rings. The van der Waals surface area contributed by atoms with Crippen LogP contribution in [0, 0.1) is 11.8 Å². The topological polar surface area (TPSA) is 159 Å². The van der Waals surface area contributed by atoms with Gasteiger partial charge in [-0.2, -0.15) is 0 Å². The highest BCUT2D eigenvalue weighted by molar-refractivity contribution is 5.83. The molecule has 11 nitrogen and oxygen atoms in total. The second kappa shape index (κ2) is 19.6. The summed E-state index contributed by atoms with van der Waals surface area (Å²) in [5.41, 5.74) is -1.22. The number of esters is 2. The zero-order chi connectivity index (χ0) is 40.5. The SMILES string of the molecule is CC[C@H](OC)[C@@H](C)[C@H]1O[C@@H]1C(N(CCO)Cc1ccc2ccccc2c1)C(C)(O)/C=C/C=C(\C)[C@@H]1OC(=O)C[C@H](O)CC[C@@](C)(O)[C@@H](OC(C)=O)/C=C/[C@@H]1C. The Hall–Kier alpha value is -3.42. The normalized spacial score (nSPS) is 30.1. The summed E-state index contributed by atoms with van der Waals surface area (Å²) in [5, 5.41) is 46.6. The van der Waals surface area contributed by atoms with Crippen LogP contribution in [0.25, 0.3) is 10.8 Å². The average molecular weight is 766 g/mol. The average Bonchev–Trinajstić information content (AvgIpc) is 3.91. The predicted octanol–water partition coefficient (Wildman–Crippen LogP) is 5.42. The van der Waals surface area contributed by atoms with Crippen LogP contribution in [0.15, 0.2) is 78.4 Å². The van der Waals surface area contributed by atoms with Crippen LogP contribution in [0.1, 0.15) is 79.7 Å². The van der Waals surface area contributed by atoms with Gasteiger partial charge < -0.3 is 39.4 Å². The molecule has 0 bridgehead atoms. The number of methoxy groups -OCH3 is 1. The fourth-order valence-corrected chi connectivity index (χ4v) is 7.92. The number of fused-ring (bicyclic) bond motifs is 1. The van der Waals surface area contributed by atoms with Gasteiger partial charge in [0.25, 0.3) is 0 Å². The molecule has 2 aromatic rings. The molecule has 0 aromatic heterocycles. The van der Waals surface area contributed by atoms with Crippen molar-refractivity contribution >= 4 is 22.7 Å². The van der Waals surface area contributed by atoms with E-state index >= 15 is 0 Å². The number of allylic oxidation sites excluding steroid dienone is 2. The Morgan fingerprint density at radius 3 is 2.51 bits per heavy atom. The smallest absolute Gasteiger partial charge is 0.309 e. The van der Waals surface area contributed by atoms with Gasteiger partial charge in [-0.05, 0) is 74.1 Å². The van der Waals surface area contributed by atoms with E-state index in [1.807, 2.05) is 26.0 Å². The van der Waals surface area contributed by atoms with Crippen LogP contribution >= 0.6 is 0 Å². The maximum Gasteiger partial charge on any atom is 0.309 e. The van der Waals surface area contributed by atoms with E-state index in [4.69, 9.17) is 18.9 Å². The van der Waals surface area contributed by atoms with E-state index in [0.717, 1.165) is 22.8 Å². The molecule has 11 heteroatoms. The Balaban J connectivity index is 1.66. The summed E-state index contributed by atoms with van der Waals surface area (Å²) < 4.78 is 23.5. The van der Waals surface area contributed by atoms with Crippen molar-refractivity contribution in [3.05, 3.63) is 84.0 Å². The number of nitrogens with zero attached hydrogens (tertiary/aromatic N) is 1. The van der Waals surface area contributed by atoms with E-state index < -0.39 is 53.4 Å². The monoisotopic (exact) mass is 765 g/mol. The number of carbonyl (C=O) groups is 2. The van der Waals surface area contributed by atoms with E-state index in [1.165, 1.54) is 13.8 Å². The third-order valence-electron chi connectivity index (χ3n) is 11.1. The van der Waals surface area contributed by atoms with Crippen molar-refractivity contribution in [1.29, 1.82) is 0 Å². The Morgan fingerprint density at radius 1 is 1.15 bits per heavy atom. The Morgan fingerprint density at radius 2 is 1.85 bits per heavy atom. The molecule has 55 heavy (non-hydrogen) atoms. The predicted molar refractivity (Wildman–Crippen MR) is 212 cm³/mol. The first-order valence-corrected chi connectivity index (χ1v) is 19.6. The summed E-state index contributed by atoms with van der Waals surface area (Å²) in [6.07, 6.45) is 6.00. The first kappa shape index (κ1) is 44.3. The molecule has 2 unspecified atom stereocenters. The van der Waals surface area contributed by atoms with Crippen LogP contribution in [0.3, 0.4) is 0 Å². The molecule has 0 aliphatic carbocycles. The largest absolute Gasteiger partial charge is 0.457 e. The minimum absolute atomic E-state index is 0.0188. The summed E-state index contributed by atoms with van der Waals surface area (Å²) in [4.78, 5) is 27.0. The first-order valence-electron chi connectivity index (χ1n) is 19.6. The van der Waals surface area contributed by atoms with Gasteiger partial charge in [0, 0.05) is 39.0 Å². The van der Waals surface area contributed by atoms with Crippen LogP contribution < -0.4 is 0 Å². The van der Waals surface area contributed by atoms with Gasteiger partial charge in [-0.25, -0.2) is 0 Å². The molecule has 0 saturated carbocycles. The lowest BCUT2D eigenvalue weighted by molar-refractivity contribution is -0.157. The molecule has 1 saturated heterocycles. The van der Waals surface area contributed by atoms with Crippen molar-refractivity contribution in [3.8, 4) is 0 Å². The lowest BCUT2D eigenvalue weighted by Gasteiger charge is -2.39. The minimum Gasteiger partial charge on any atom is -0.457 e. The van der Waals surface area contributed by atoms with E-state index in [2.05, 4.69) is 49.1 Å². The van der Waals surface area contributed by atoms with Crippen molar-refractivity contribution in [3.63, 3.8) is 0 Å². The third kappa shape index (κ3) is 12.0. The maximum atomic E-state index is 13.0. The highest BCUT2D eigenvalue weighted by atomic mass is 16.6. The lowest BCUT2D eigenvalue weighted by Crippen LogP contribution is -2.54. The van der Waals surface area contributed by atoms with E-state index in [1.54, 1.807) is 44.4 Å². The van der Waals surface area contributed by atoms with Crippen molar-refractivity contribution in [2.75, 3.05) is 20.3 Å². The molecular weight excluding hydrogens is 702 g/mol. The number of hydrogen-bond donors (Lipinski definition) is 4. The number of aliphatic hydroxyl groups excluding tert-OH is 2. The second-order valence-electron chi connectivity index (χ2n) is 15.9. The zero-order valence-corrected chi connectivity index (χ0v) is 33.8. The van der Waals surface area contributed by atoms with Crippen molar-refractivity contribution in [1.82, 2.24) is 4.90 Å². The number of aliphatic hydroxyl groups is 4. The molecule has 2 aliphatic heterocycles. The quantitative estimate of drug-likeness (QED) is 0.0795. The molecule has 2 aromatic carbocycles. The molecule has 0 spiro atoms. The van der Waals surface area contributed by atoms with Gasteiger partial charge in [0.1, 0.15) is 23.9 Å². The number of hydrogen-bond acceptors (Lipinski definition) is 11. The summed E-state index contributed by atoms with van der Waals surface area (Å²) >= 11 is 0. The summed E-state index contributed by atoms with van der Waals surface area (Å²) in [5.74, 6) is -1.49. The van der Waals surface area contributed by atoms with Crippen molar-refractivity contribution in [2.45, 2.75) is 135 Å². The van der Waals surface area contributed by atoms with Gasteiger partial charge >= 0.3 is 11.9 Å². The molecule has 4 N–H and O–H groups in total. The minimum atomic E-state index is -1.47. The fraction of sp³-hybridized carbons (Fsp3) is 0.591. The van der Waals surface area contributed by atoms with Gasteiger partial charge in [-0.1, -0.05) is 81.5 Å². The van der Waals surface area contributed by atoms with Crippen molar-refractivity contribution in [2.24, 2.45) is 11.8 Å². The van der Waals surface area contributed by atoms with Gasteiger partial charge in [0.2, 0.25) is 0 Å². The summed E-state index contributed by atoms with van der Waals surface area (Å²) in [6.45, 7) is 13.0. The van der Waals surface area contributed by atoms with Crippen LogP contribution in [-0.4, -0.2) is 111 Å². The summed E-state index contributed by atoms with van der Waals surface area (Å²) in [6, 6.07) is 13.9.